The summed E-state index contributed by atoms with van der Waals surface area (Å²) < 4.78 is 3.04. The van der Waals surface area contributed by atoms with Crippen molar-refractivity contribution in [2.75, 3.05) is 17.7 Å². The Hall–Kier alpha value is -4.08. The molecule has 1 fully saturated rings. The third-order valence-corrected chi connectivity index (χ3v) is 5.42. The van der Waals surface area contributed by atoms with Gasteiger partial charge in [0, 0.05) is 31.9 Å². The SMILES string of the molecule is CNc1cc(Nc2cccn(-c3ccnc(C)n3)c2=O)nc2c(C(=O)CC3CC3)cnn12. The highest BCUT2D eigenvalue weighted by atomic mass is 16.1. The number of carbonyl (C=O) groups is 1. The number of aromatic nitrogens is 6. The first-order valence-corrected chi connectivity index (χ1v) is 10.4. The van der Waals surface area contributed by atoms with Gasteiger partial charge in [-0.15, -0.1) is 0 Å². The summed E-state index contributed by atoms with van der Waals surface area (Å²) in [6.45, 7) is 1.77. The molecule has 0 aromatic carbocycles. The molecule has 4 aromatic rings. The maximum Gasteiger partial charge on any atom is 0.279 e. The number of hydrogen-bond acceptors (Lipinski definition) is 8. The molecule has 10 nitrogen and oxygen atoms in total. The number of nitrogens with zero attached hydrogens (tertiary/aromatic N) is 6. The molecule has 162 valence electrons. The van der Waals surface area contributed by atoms with E-state index in [0.717, 1.165) is 12.8 Å². The predicted molar refractivity (Wildman–Crippen MR) is 120 cm³/mol. The molecule has 0 spiro atoms. The van der Waals surface area contributed by atoms with Gasteiger partial charge in [0.05, 0.1) is 11.8 Å². The molecule has 0 radical (unpaired) electrons. The van der Waals surface area contributed by atoms with Gasteiger partial charge in [0.25, 0.3) is 5.56 Å². The number of fused-ring (bicyclic) bond motifs is 1. The molecular formula is C22H22N8O2. The van der Waals surface area contributed by atoms with Crippen LogP contribution in [0.5, 0.6) is 0 Å². The fourth-order valence-electron chi connectivity index (χ4n) is 3.58. The molecule has 0 aliphatic heterocycles. The van der Waals surface area contributed by atoms with Gasteiger partial charge in [0.2, 0.25) is 0 Å². The summed E-state index contributed by atoms with van der Waals surface area (Å²) in [5.74, 6) is 2.63. The maximum absolute atomic E-state index is 13.1. The summed E-state index contributed by atoms with van der Waals surface area (Å²) in [5.41, 5.74) is 0.983. The van der Waals surface area contributed by atoms with Gasteiger partial charge in [-0.1, -0.05) is 0 Å². The molecule has 0 saturated heterocycles. The third-order valence-electron chi connectivity index (χ3n) is 5.42. The molecule has 1 saturated carbocycles. The van der Waals surface area contributed by atoms with Crippen molar-refractivity contribution < 1.29 is 4.79 Å². The summed E-state index contributed by atoms with van der Waals surface area (Å²) in [6, 6.07) is 6.84. The number of ketones is 1. The van der Waals surface area contributed by atoms with E-state index in [0.29, 0.717) is 52.5 Å². The smallest absolute Gasteiger partial charge is 0.279 e. The minimum atomic E-state index is -0.281. The molecule has 2 N–H and O–H groups in total. The lowest BCUT2D eigenvalue weighted by Gasteiger charge is -2.11. The largest absolute Gasteiger partial charge is 0.373 e. The second kappa shape index (κ2) is 7.88. The van der Waals surface area contributed by atoms with Crippen LogP contribution in [0.2, 0.25) is 0 Å². The number of pyridine rings is 1. The summed E-state index contributed by atoms with van der Waals surface area (Å²) in [4.78, 5) is 38.8. The topological polar surface area (TPSA) is 119 Å². The van der Waals surface area contributed by atoms with E-state index in [1.165, 1.54) is 4.57 Å². The van der Waals surface area contributed by atoms with Gasteiger partial charge < -0.3 is 10.6 Å². The zero-order chi connectivity index (χ0) is 22.2. The van der Waals surface area contributed by atoms with Gasteiger partial charge in [-0.25, -0.2) is 15.0 Å². The molecule has 1 aliphatic rings. The van der Waals surface area contributed by atoms with E-state index in [-0.39, 0.29) is 11.3 Å². The van der Waals surface area contributed by atoms with Crippen molar-refractivity contribution in [2.45, 2.75) is 26.2 Å². The molecule has 5 rings (SSSR count). The highest BCUT2D eigenvalue weighted by molar-refractivity contribution is 6.01. The minimum Gasteiger partial charge on any atom is -0.373 e. The Kier molecular flexibility index (Phi) is 4.89. The number of rotatable bonds is 7. The van der Waals surface area contributed by atoms with Crippen LogP contribution in [0.15, 0.2) is 47.7 Å². The second-order valence-electron chi connectivity index (χ2n) is 7.83. The lowest BCUT2D eigenvalue weighted by atomic mass is 10.1. The van der Waals surface area contributed by atoms with Crippen LogP contribution in [0.25, 0.3) is 11.5 Å². The highest BCUT2D eigenvalue weighted by Gasteiger charge is 2.27. The Morgan fingerprint density at radius 1 is 1.25 bits per heavy atom. The predicted octanol–water partition coefficient (Wildman–Crippen LogP) is 2.75. The molecule has 0 atom stereocenters. The molecule has 32 heavy (non-hydrogen) atoms. The number of nitrogens with one attached hydrogen (secondary N) is 2. The zero-order valence-electron chi connectivity index (χ0n) is 17.7. The van der Waals surface area contributed by atoms with Crippen LogP contribution in [-0.2, 0) is 0 Å². The lowest BCUT2D eigenvalue weighted by molar-refractivity contribution is 0.0977. The van der Waals surface area contributed by atoms with Gasteiger partial charge in [-0.05, 0) is 43.9 Å². The van der Waals surface area contributed by atoms with Crippen LogP contribution < -0.4 is 16.2 Å². The highest BCUT2D eigenvalue weighted by Crippen LogP contribution is 2.34. The van der Waals surface area contributed by atoms with Crippen molar-refractivity contribution >= 4 is 28.8 Å². The number of aryl methyl sites for hydroxylation is 1. The molecule has 10 heteroatoms. The van der Waals surface area contributed by atoms with E-state index in [2.05, 4.69) is 30.7 Å². The van der Waals surface area contributed by atoms with Gasteiger partial charge in [-0.2, -0.15) is 9.61 Å². The fourth-order valence-corrected chi connectivity index (χ4v) is 3.58. The van der Waals surface area contributed by atoms with E-state index < -0.39 is 0 Å². The quantitative estimate of drug-likeness (QED) is 0.430. The lowest BCUT2D eigenvalue weighted by Crippen LogP contribution is -2.21. The molecule has 1 aliphatic carbocycles. The van der Waals surface area contributed by atoms with E-state index in [9.17, 15) is 9.59 Å². The molecule has 0 unspecified atom stereocenters. The summed E-state index contributed by atoms with van der Waals surface area (Å²) in [6.07, 6.45) is 7.52. The van der Waals surface area contributed by atoms with Crippen molar-refractivity contribution in [2.24, 2.45) is 5.92 Å². The van der Waals surface area contributed by atoms with Crippen molar-refractivity contribution in [3.8, 4) is 5.82 Å². The van der Waals surface area contributed by atoms with Crippen LogP contribution in [0.3, 0.4) is 0 Å². The Morgan fingerprint density at radius 3 is 2.84 bits per heavy atom. The van der Waals surface area contributed by atoms with Gasteiger partial charge in [-0.3, -0.25) is 14.2 Å². The van der Waals surface area contributed by atoms with Crippen LogP contribution >= 0.6 is 0 Å². The maximum atomic E-state index is 13.1. The third kappa shape index (κ3) is 3.70. The Morgan fingerprint density at radius 2 is 2.09 bits per heavy atom. The molecule has 0 amide bonds. The van der Waals surface area contributed by atoms with Gasteiger partial charge >= 0.3 is 0 Å². The Labute approximate surface area is 183 Å². The van der Waals surface area contributed by atoms with Crippen LogP contribution in [-0.4, -0.2) is 42.0 Å². The number of Topliss-reactive ketones (excluding diaryl/α,β-unsaturated/α-hetero) is 1. The standard InChI is InChI=1S/C22H22N8O2/c1-13-24-8-7-19(26-13)29-9-3-4-16(22(29)32)27-18-11-20(23-2)30-21(28-18)15(12-25-30)17(31)10-14-5-6-14/h3-4,7-9,11-12,14,23H,5-6,10H2,1-2H3,(H,27,28). The molecule has 0 bridgehead atoms. The van der Waals surface area contributed by atoms with Crippen molar-refractivity contribution in [3.05, 3.63) is 64.6 Å². The van der Waals surface area contributed by atoms with Crippen LogP contribution in [0.1, 0.15) is 35.4 Å². The van der Waals surface area contributed by atoms with Gasteiger partial charge in [0.1, 0.15) is 29.0 Å². The summed E-state index contributed by atoms with van der Waals surface area (Å²) in [7, 11) is 1.76. The molecular weight excluding hydrogens is 408 g/mol. The van der Waals surface area contributed by atoms with Crippen LogP contribution in [0, 0.1) is 12.8 Å². The van der Waals surface area contributed by atoms with Crippen LogP contribution in [0.4, 0.5) is 17.3 Å². The Bertz CT molecular complexity index is 1390. The van der Waals surface area contributed by atoms with Crippen molar-refractivity contribution in [1.29, 1.82) is 0 Å². The molecule has 4 heterocycles. The average Bonchev–Trinajstić information content (AvgIpc) is 3.49. The summed E-state index contributed by atoms with van der Waals surface area (Å²) >= 11 is 0. The summed E-state index contributed by atoms with van der Waals surface area (Å²) in [5, 5.41) is 10.5. The van der Waals surface area contributed by atoms with E-state index in [1.54, 1.807) is 61.3 Å². The van der Waals surface area contributed by atoms with E-state index in [1.807, 2.05) is 0 Å². The minimum absolute atomic E-state index is 0.0374. The van der Waals surface area contributed by atoms with Crippen molar-refractivity contribution in [1.82, 2.24) is 29.1 Å². The number of anilines is 3. The first kappa shape index (κ1) is 19.9. The number of carbonyl (C=O) groups excluding carboxylic acids is 1. The van der Waals surface area contributed by atoms with E-state index >= 15 is 0 Å². The normalized spacial score (nSPS) is 13.3. The fraction of sp³-hybridized carbons (Fsp3) is 0.273. The first-order chi connectivity index (χ1) is 15.5. The first-order valence-electron chi connectivity index (χ1n) is 10.4. The Balaban J connectivity index is 1.53. The van der Waals surface area contributed by atoms with E-state index in [4.69, 9.17) is 0 Å². The van der Waals surface area contributed by atoms with Crippen molar-refractivity contribution in [3.63, 3.8) is 0 Å². The zero-order valence-corrected chi connectivity index (χ0v) is 17.7. The monoisotopic (exact) mass is 430 g/mol. The number of hydrogen-bond donors (Lipinski definition) is 2. The molecule has 4 aromatic heterocycles. The second-order valence-corrected chi connectivity index (χ2v) is 7.83. The average molecular weight is 430 g/mol. The van der Waals surface area contributed by atoms with Gasteiger partial charge in [0.15, 0.2) is 11.4 Å².